The number of carbonyl (C=O) groups is 1. The van der Waals surface area contributed by atoms with Crippen LogP contribution in [0.15, 0.2) is 42.5 Å². The van der Waals surface area contributed by atoms with Crippen molar-refractivity contribution in [2.24, 2.45) is 0 Å². The van der Waals surface area contributed by atoms with E-state index in [1.807, 2.05) is 30.3 Å². The minimum atomic E-state index is -4.50. The number of aliphatic hydroxyl groups is 1. The lowest BCUT2D eigenvalue weighted by molar-refractivity contribution is 0.0896. The fourth-order valence-corrected chi connectivity index (χ4v) is 4.60. The summed E-state index contributed by atoms with van der Waals surface area (Å²) in [4.78, 5) is 30.8. The van der Waals surface area contributed by atoms with Gasteiger partial charge in [0.05, 0.1) is 12.1 Å². The van der Waals surface area contributed by atoms with E-state index in [1.54, 1.807) is 12.2 Å². The van der Waals surface area contributed by atoms with Crippen molar-refractivity contribution in [3.05, 3.63) is 48.0 Å². The predicted molar refractivity (Wildman–Crippen MR) is 108 cm³/mol. The highest BCUT2D eigenvalue weighted by atomic mass is 32.2. The Morgan fingerprint density at radius 1 is 1.34 bits per heavy atom. The number of amides is 2. The van der Waals surface area contributed by atoms with Gasteiger partial charge in [-0.05, 0) is 12.0 Å². The van der Waals surface area contributed by atoms with Crippen molar-refractivity contribution in [1.82, 2.24) is 10.2 Å². The molecular weight excluding hydrogens is 425 g/mol. The largest absolute Gasteiger partial charge is 0.389 e. The molecule has 2 atom stereocenters. The van der Waals surface area contributed by atoms with Gasteiger partial charge in [-0.15, -0.1) is 0 Å². The number of halogens is 2. The molecule has 1 unspecified atom stereocenters. The van der Waals surface area contributed by atoms with Crippen molar-refractivity contribution < 1.29 is 33.0 Å². The highest BCUT2D eigenvalue weighted by molar-refractivity contribution is 8.05. The molecule has 1 heterocycles. The average molecular weight is 450 g/mol. The number of nitrogens with zero attached hydrogens (tertiary/aromatic N) is 1. The fourth-order valence-electron chi connectivity index (χ4n) is 2.88. The number of nitrogens with one attached hydrogen (secondary N) is 1. The molecule has 2 amide bonds. The Labute approximate surface area is 172 Å². The Balaban J connectivity index is 1.82. The van der Waals surface area contributed by atoms with Gasteiger partial charge in [-0.3, -0.25) is 4.57 Å². The number of aliphatic hydroxyl groups excluding tert-OH is 1. The molecule has 0 saturated carbocycles. The quantitative estimate of drug-likeness (QED) is 0.305. The third-order valence-corrected chi connectivity index (χ3v) is 6.77. The second kappa shape index (κ2) is 10.5. The Morgan fingerprint density at radius 3 is 2.69 bits per heavy atom. The number of alkyl halides is 2. The molecule has 162 valence electrons. The van der Waals surface area contributed by atoms with E-state index in [-0.39, 0.29) is 36.8 Å². The van der Waals surface area contributed by atoms with Crippen molar-refractivity contribution in [1.29, 1.82) is 0 Å². The van der Waals surface area contributed by atoms with E-state index in [1.165, 1.54) is 4.90 Å². The summed E-state index contributed by atoms with van der Waals surface area (Å²) in [5, 5.41) is 9.51. The van der Waals surface area contributed by atoms with Gasteiger partial charge in [0, 0.05) is 25.9 Å². The fraction of sp³-hybridized carbons (Fsp3) is 0.500. The van der Waals surface area contributed by atoms with E-state index >= 15 is 0 Å². The van der Waals surface area contributed by atoms with Crippen LogP contribution >= 0.6 is 19.4 Å². The molecule has 0 aromatic heterocycles. The van der Waals surface area contributed by atoms with Crippen molar-refractivity contribution in [2.45, 2.75) is 36.7 Å². The lowest BCUT2D eigenvalue weighted by atomic mass is 10.1. The minimum Gasteiger partial charge on any atom is -0.389 e. The number of urea groups is 1. The first-order chi connectivity index (χ1) is 13.6. The normalized spacial score (nSPS) is 19.0. The molecule has 0 bridgehead atoms. The highest BCUT2D eigenvalue weighted by Gasteiger charge is 2.34. The van der Waals surface area contributed by atoms with E-state index in [4.69, 9.17) is 9.79 Å². The summed E-state index contributed by atoms with van der Waals surface area (Å²) >= 11 is -0.0778. The second-order valence-corrected chi connectivity index (χ2v) is 10.0. The van der Waals surface area contributed by atoms with Crippen molar-refractivity contribution in [3.63, 3.8) is 0 Å². The standard InChI is InChI=1S/C18H25F2N2O5PS/c19-18(20,29-13-28(25,26)27)9-4-10-22-15(12-21-17(22)24)7-8-16(23)11-14-5-2-1-3-6-14/h1-3,5-8,15-16,23H,4,9-13H2,(H,21,24)(H2,25,26,27)/t15-,16?/m0/s1. The maximum Gasteiger partial charge on any atom is 0.335 e. The van der Waals surface area contributed by atoms with Crippen LogP contribution in [-0.2, 0) is 11.0 Å². The van der Waals surface area contributed by atoms with Crippen LogP contribution in [0.1, 0.15) is 18.4 Å². The Kier molecular flexibility index (Phi) is 8.66. The molecule has 29 heavy (non-hydrogen) atoms. The minimum absolute atomic E-state index is 0.0223. The van der Waals surface area contributed by atoms with Gasteiger partial charge >= 0.3 is 13.6 Å². The third kappa shape index (κ3) is 8.84. The summed E-state index contributed by atoms with van der Waals surface area (Å²) in [6, 6.07) is 8.70. The number of carbonyl (C=O) groups excluding carboxylic acids is 1. The summed E-state index contributed by atoms with van der Waals surface area (Å²) < 4.78 is 38.2. The summed E-state index contributed by atoms with van der Waals surface area (Å²) in [6.45, 7) is 0.387. The Morgan fingerprint density at radius 2 is 2.03 bits per heavy atom. The SMILES string of the molecule is O=C1NC[C@H](C=CC(O)Cc2ccccc2)N1CCCC(F)(F)SCP(=O)(O)O. The van der Waals surface area contributed by atoms with Crippen LogP contribution < -0.4 is 5.32 Å². The molecule has 1 fully saturated rings. The van der Waals surface area contributed by atoms with Gasteiger partial charge in [0.2, 0.25) is 0 Å². The summed E-state index contributed by atoms with van der Waals surface area (Å²) in [6.07, 6.45) is 2.35. The molecule has 7 nitrogen and oxygen atoms in total. The van der Waals surface area contributed by atoms with E-state index in [0.29, 0.717) is 13.0 Å². The highest BCUT2D eigenvalue weighted by Crippen LogP contribution is 2.45. The molecule has 0 aliphatic carbocycles. The summed E-state index contributed by atoms with van der Waals surface area (Å²) in [7, 11) is -4.50. The van der Waals surface area contributed by atoms with Gasteiger partial charge in [-0.25, -0.2) is 4.79 Å². The van der Waals surface area contributed by atoms with E-state index < -0.39 is 30.9 Å². The average Bonchev–Trinajstić information content (AvgIpc) is 2.99. The first-order valence-corrected chi connectivity index (χ1v) is 11.9. The Hall–Kier alpha value is -1.45. The van der Waals surface area contributed by atoms with E-state index in [0.717, 1.165) is 5.56 Å². The van der Waals surface area contributed by atoms with Gasteiger partial charge in [-0.2, -0.15) is 8.78 Å². The van der Waals surface area contributed by atoms with Gasteiger partial charge in [0.15, 0.2) is 0 Å². The topological polar surface area (TPSA) is 110 Å². The monoisotopic (exact) mass is 450 g/mol. The zero-order valence-electron chi connectivity index (χ0n) is 15.7. The number of hydrogen-bond acceptors (Lipinski definition) is 4. The van der Waals surface area contributed by atoms with Crippen LogP contribution in [0.4, 0.5) is 13.6 Å². The number of benzene rings is 1. The molecule has 1 saturated heterocycles. The van der Waals surface area contributed by atoms with Crippen LogP contribution in [0, 0.1) is 0 Å². The molecule has 11 heteroatoms. The zero-order chi connectivity index (χ0) is 21.5. The Bertz CT molecular complexity index is 747. The van der Waals surface area contributed by atoms with Crippen molar-refractivity contribution in [3.8, 4) is 0 Å². The van der Waals surface area contributed by atoms with Crippen molar-refractivity contribution >= 4 is 25.4 Å². The molecule has 1 aromatic rings. The first kappa shape index (κ1) is 23.8. The lowest BCUT2D eigenvalue weighted by Crippen LogP contribution is -2.34. The van der Waals surface area contributed by atoms with E-state index in [2.05, 4.69) is 5.32 Å². The molecule has 0 spiro atoms. The smallest absolute Gasteiger partial charge is 0.335 e. The second-order valence-electron chi connectivity index (χ2n) is 6.77. The number of hydrogen-bond donors (Lipinski definition) is 4. The summed E-state index contributed by atoms with van der Waals surface area (Å²) in [5.41, 5.74) is 0.0201. The predicted octanol–water partition coefficient (Wildman–Crippen LogP) is 2.78. The maximum absolute atomic E-state index is 13.7. The molecule has 0 radical (unpaired) electrons. The molecule has 1 aliphatic heterocycles. The third-order valence-electron chi connectivity index (χ3n) is 4.28. The van der Waals surface area contributed by atoms with Crippen LogP contribution in [-0.4, -0.2) is 61.8 Å². The van der Waals surface area contributed by atoms with E-state index in [9.17, 15) is 23.2 Å². The molecule has 1 aromatic carbocycles. The van der Waals surface area contributed by atoms with Crippen LogP contribution in [0.25, 0.3) is 0 Å². The molecule has 1 aliphatic rings. The van der Waals surface area contributed by atoms with Crippen LogP contribution in [0.5, 0.6) is 0 Å². The maximum atomic E-state index is 13.7. The number of thioether (sulfide) groups is 1. The van der Waals surface area contributed by atoms with Gasteiger partial charge in [-0.1, -0.05) is 54.2 Å². The molecule has 2 rings (SSSR count). The van der Waals surface area contributed by atoms with Gasteiger partial charge in [0.1, 0.15) is 5.49 Å². The van der Waals surface area contributed by atoms with Gasteiger partial charge < -0.3 is 25.1 Å². The van der Waals surface area contributed by atoms with Crippen LogP contribution in [0.2, 0.25) is 0 Å². The number of rotatable bonds is 11. The zero-order valence-corrected chi connectivity index (χ0v) is 17.4. The lowest BCUT2D eigenvalue weighted by Gasteiger charge is -2.22. The van der Waals surface area contributed by atoms with Gasteiger partial charge in [0.25, 0.3) is 5.25 Å². The van der Waals surface area contributed by atoms with Crippen LogP contribution in [0.3, 0.4) is 0 Å². The molecule has 4 N–H and O–H groups in total. The first-order valence-electron chi connectivity index (χ1n) is 9.07. The van der Waals surface area contributed by atoms with Crippen molar-refractivity contribution in [2.75, 3.05) is 18.6 Å². The summed E-state index contributed by atoms with van der Waals surface area (Å²) in [5.74, 6) is 0. The molecular formula is C18H25F2N2O5PS.